The first kappa shape index (κ1) is 24.5. The Morgan fingerprint density at radius 1 is 1.00 bits per heavy atom. The molecule has 0 bridgehead atoms. The fourth-order valence-electron chi connectivity index (χ4n) is 4.27. The van der Waals surface area contributed by atoms with Crippen LogP contribution < -0.4 is 16.0 Å². The molecule has 2 aromatic carbocycles. The Morgan fingerprint density at radius 3 is 2.42 bits per heavy atom. The number of hydrogen-bond acceptors (Lipinski definition) is 3. The molecule has 1 atom stereocenters. The number of benzene rings is 2. The van der Waals surface area contributed by atoms with E-state index in [0.717, 1.165) is 42.5 Å². The zero-order valence-electron chi connectivity index (χ0n) is 19.8. The Morgan fingerprint density at radius 2 is 1.73 bits per heavy atom. The van der Waals surface area contributed by atoms with E-state index in [4.69, 9.17) is 0 Å². The summed E-state index contributed by atoms with van der Waals surface area (Å²) < 4.78 is 0. The van der Waals surface area contributed by atoms with Crippen molar-refractivity contribution in [1.29, 1.82) is 0 Å². The maximum atomic E-state index is 12.9. The molecule has 3 N–H and O–H groups in total. The van der Waals surface area contributed by atoms with Crippen molar-refractivity contribution in [3.05, 3.63) is 65.2 Å². The fourth-order valence-corrected chi connectivity index (χ4v) is 4.27. The number of anilines is 1. The zero-order chi connectivity index (χ0) is 23.8. The fraction of sp³-hybridized carbons (Fsp3) is 0.444. The van der Waals surface area contributed by atoms with Gasteiger partial charge in [-0.25, -0.2) is 0 Å². The summed E-state index contributed by atoms with van der Waals surface area (Å²) >= 11 is 0. The van der Waals surface area contributed by atoms with Crippen molar-refractivity contribution in [2.24, 2.45) is 11.8 Å². The molecule has 2 aromatic rings. The van der Waals surface area contributed by atoms with Crippen LogP contribution in [0.25, 0.3) is 0 Å². The standard InChI is InChI=1S/C27H35N3O3/c1-18(2)15-24(30-26(32)23-14-7-4-9-19(23)3)27(33)28-17-20-10-8-13-22(16-20)29-25(31)21-11-5-6-12-21/h4,7-10,13-14,16,18,21,24H,5-6,11-12,15,17H2,1-3H3,(H,28,33)(H,29,31)(H,30,32). The van der Waals surface area contributed by atoms with E-state index < -0.39 is 6.04 Å². The van der Waals surface area contributed by atoms with Crippen molar-refractivity contribution < 1.29 is 14.4 Å². The summed E-state index contributed by atoms with van der Waals surface area (Å²) in [6, 6.07) is 14.3. The van der Waals surface area contributed by atoms with Gasteiger partial charge in [0.25, 0.3) is 5.91 Å². The molecule has 3 rings (SSSR count). The van der Waals surface area contributed by atoms with Gasteiger partial charge in [-0.1, -0.05) is 57.0 Å². The van der Waals surface area contributed by atoms with Crippen molar-refractivity contribution in [3.8, 4) is 0 Å². The van der Waals surface area contributed by atoms with Crippen LogP contribution in [0.3, 0.4) is 0 Å². The van der Waals surface area contributed by atoms with E-state index in [2.05, 4.69) is 16.0 Å². The Kier molecular flexibility index (Phi) is 8.64. The number of aryl methyl sites for hydroxylation is 1. The molecule has 6 nitrogen and oxygen atoms in total. The van der Waals surface area contributed by atoms with Gasteiger partial charge in [-0.05, 0) is 61.4 Å². The van der Waals surface area contributed by atoms with Gasteiger partial charge in [-0.3, -0.25) is 14.4 Å². The van der Waals surface area contributed by atoms with Crippen LogP contribution in [0, 0.1) is 18.8 Å². The largest absolute Gasteiger partial charge is 0.350 e. The number of carbonyl (C=O) groups excluding carboxylic acids is 3. The van der Waals surface area contributed by atoms with Crippen LogP contribution in [-0.2, 0) is 16.1 Å². The molecule has 176 valence electrons. The Balaban J connectivity index is 1.60. The van der Waals surface area contributed by atoms with E-state index in [1.807, 2.05) is 63.2 Å². The van der Waals surface area contributed by atoms with Gasteiger partial charge in [0.05, 0.1) is 0 Å². The molecule has 1 aliphatic rings. The lowest BCUT2D eigenvalue weighted by Crippen LogP contribution is -2.47. The first-order valence-corrected chi connectivity index (χ1v) is 11.9. The van der Waals surface area contributed by atoms with Crippen molar-refractivity contribution in [1.82, 2.24) is 10.6 Å². The lowest BCUT2D eigenvalue weighted by molar-refractivity contribution is -0.123. The monoisotopic (exact) mass is 449 g/mol. The van der Waals surface area contributed by atoms with Gasteiger partial charge in [-0.2, -0.15) is 0 Å². The van der Waals surface area contributed by atoms with Crippen LogP contribution in [0.5, 0.6) is 0 Å². The molecule has 3 amide bonds. The van der Waals surface area contributed by atoms with Crippen LogP contribution in [0.15, 0.2) is 48.5 Å². The molecule has 0 heterocycles. The summed E-state index contributed by atoms with van der Waals surface area (Å²) in [6.45, 7) is 6.25. The van der Waals surface area contributed by atoms with Crippen molar-refractivity contribution in [2.45, 2.75) is 65.5 Å². The van der Waals surface area contributed by atoms with E-state index in [1.165, 1.54) is 0 Å². The predicted molar refractivity (Wildman–Crippen MR) is 131 cm³/mol. The highest BCUT2D eigenvalue weighted by molar-refractivity contribution is 5.98. The van der Waals surface area contributed by atoms with Gasteiger partial charge < -0.3 is 16.0 Å². The summed E-state index contributed by atoms with van der Waals surface area (Å²) in [5, 5.41) is 8.85. The number of amides is 3. The Bertz CT molecular complexity index is 980. The maximum absolute atomic E-state index is 12.9. The van der Waals surface area contributed by atoms with Crippen LogP contribution in [-0.4, -0.2) is 23.8 Å². The van der Waals surface area contributed by atoms with Gasteiger partial charge in [0, 0.05) is 23.7 Å². The van der Waals surface area contributed by atoms with Crippen LogP contribution in [0.4, 0.5) is 5.69 Å². The quantitative estimate of drug-likeness (QED) is 0.523. The van der Waals surface area contributed by atoms with Crippen molar-refractivity contribution >= 4 is 23.4 Å². The third kappa shape index (κ3) is 7.17. The Hall–Kier alpha value is -3.15. The normalized spacial score (nSPS) is 14.7. The number of hydrogen-bond donors (Lipinski definition) is 3. The molecular weight excluding hydrogens is 414 g/mol. The van der Waals surface area contributed by atoms with E-state index in [1.54, 1.807) is 6.07 Å². The molecule has 0 radical (unpaired) electrons. The van der Waals surface area contributed by atoms with Gasteiger partial charge in [0.1, 0.15) is 6.04 Å². The van der Waals surface area contributed by atoms with Gasteiger partial charge in [0.15, 0.2) is 0 Å². The van der Waals surface area contributed by atoms with Crippen LogP contribution >= 0.6 is 0 Å². The minimum atomic E-state index is -0.623. The molecule has 6 heteroatoms. The second kappa shape index (κ2) is 11.6. The highest BCUT2D eigenvalue weighted by Gasteiger charge is 2.24. The summed E-state index contributed by atoms with van der Waals surface area (Å²) in [6.07, 6.45) is 4.67. The summed E-state index contributed by atoms with van der Waals surface area (Å²) in [7, 11) is 0. The summed E-state index contributed by atoms with van der Waals surface area (Å²) in [4.78, 5) is 38.1. The zero-order valence-corrected chi connectivity index (χ0v) is 19.8. The number of carbonyl (C=O) groups is 3. The summed E-state index contributed by atoms with van der Waals surface area (Å²) in [5.41, 5.74) is 3.08. The molecule has 1 aliphatic carbocycles. The van der Waals surface area contributed by atoms with E-state index >= 15 is 0 Å². The SMILES string of the molecule is Cc1ccccc1C(=O)NC(CC(C)C)C(=O)NCc1cccc(NC(=O)C2CCCC2)c1. The lowest BCUT2D eigenvalue weighted by Gasteiger charge is -2.21. The second-order valence-corrected chi connectivity index (χ2v) is 9.36. The van der Waals surface area contributed by atoms with Crippen molar-refractivity contribution in [3.63, 3.8) is 0 Å². The van der Waals surface area contributed by atoms with E-state index in [-0.39, 0.29) is 29.6 Å². The maximum Gasteiger partial charge on any atom is 0.252 e. The first-order chi connectivity index (χ1) is 15.8. The highest BCUT2D eigenvalue weighted by atomic mass is 16.2. The molecular formula is C27H35N3O3. The minimum absolute atomic E-state index is 0.0737. The molecule has 0 aliphatic heterocycles. The third-order valence-electron chi connectivity index (χ3n) is 6.11. The van der Waals surface area contributed by atoms with Gasteiger partial charge >= 0.3 is 0 Å². The third-order valence-corrected chi connectivity index (χ3v) is 6.11. The average molecular weight is 450 g/mol. The number of rotatable bonds is 9. The second-order valence-electron chi connectivity index (χ2n) is 9.36. The molecule has 1 saturated carbocycles. The van der Waals surface area contributed by atoms with E-state index in [9.17, 15) is 14.4 Å². The van der Waals surface area contributed by atoms with Gasteiger partial charge in [-0.15, -0.1) is 0 Å². The lowest BCUT2D eigenvalue weighted by atomic mass is 10.0. The van der Waals surface area contributed by atoms with Gasteiger partial charge in [0.2, 0.25) is 11.8 Å². The predicted octanol–water partition coefficient (Wildman–Crippen LogP) is 4.58. The number of nitrogens with one attached hydrogen (secondary N) is 3. The highest BCUT2D eigenvalue weighted by Crippen LogP contribution is 2.26. The summed E-state index contributed by atoms with van der Waals surface area (Å²) in [5.74, 6) is -0.0461. The molecule has 0 saturated heterocycles. The first-order valence-electron chi connectivity index (χ1n) is 11.9. The van der Waals surface area contributed by atoms with Crippen LogP contribution in [0.2, 0.25) is 0 Å². The molecule has 33 heavy (non-hydrogen) atoms. The minimum Gasteiger partial charge on any atom is -0.350 e. The topological polar surface area (TPSA) is 87.3 Å². The van der Waals surface area contributed by atoms with Crippen LogP contribution in [0.1, 0.15) is 67.4 Å². The average Bonchev–Trinajstić information content (AvgIpc) is 3.32. The Labute approximate surface area is 196 Å². The van der Waals surface area contributed by atoms with Crippen molar-refractivity contribution in [2.75, 3.05) is 5.32 Å². The van der Waals surface area contributed by atoms with E-state index in [0.29, 0.717) is 18.5 Å². The molecule has 1 fully saturated rings. The smallest absolute Gasteiger partial charge is 0.252 e. The molecule has 0 spiro atoms. The molecule has 0 aromatic heterocycles. The molecule has 1 unspecified atom stereocenters.